The molecule has 0 saturated heterocycles. The van der Waals surface area contributed by atoms with Gasteiger partial charge in [-0.15, -0.1) is 0 Å². The maximum Gasteiger partial charge on any atom is 0.302 e. The van der Waals surface area contributed by atoms with Gasteiger partial charge in [0.05, 0.1) is 6.07 Å². The Hall–Kier alpha value is -3.20. The molecular weight excluding hydrogens is 642 g/mol. The Morgan fingerprint density at radius 3 is 2.46 bits per heavy atom. The highest BCUT2D eigenvalue weighted by atomic mass is 16.8. The van der Waals surface area contributed by atoms with Crippen LogP contribution in [0.3, 0.4) is 0 Å². The maximum atomic E-state index is 13.9. The molecule has 0 aromatic heterocycles. The molecule has 0 heterocycles. The average Bonchev–Trinajstić information content (AvgIpc) is 3.36. The number of fused-ring (bicyclic) bond motifs is 5. The van der Waals surface area contributed by atoms with Crippen molar-refractivity contribution < 1.29 is 40.0 Å². The molecule has 3 saturated carbocycles. The van der Waals surface area contributed by atoms with Gasteiger partial charge >= 0.3 is 5.97 Å². The lowest BCUT2D eigenvalue weighted by Crippen LogP contribution is -3.00. The quantitative estimate of drug-likeness (QED) is 0.106. The highest BCUT2D eigenvalue weighted by Crippen LogP contribution is 2.66. The zero-order valence-corrected chi connectivity index (χ0v) is 30.2. The van der Waals surface area contributed by atoms with Crippen LogP contribution in [-0.4, -0.2) is 46.4 Å². The second-order valence-electron chi connectivity index (χ2n) is 15.9. The number of allylic oxidation sites excluding steroid dienone is 1. The molecule has 0 radical (unpaired) electrons. The number of carbonyl (C=O) groups is 3. The van der Waals surface area contributed by atoms with Gasteiger partial charge in [0, 0.05) is 56.8 Å². The number of nitrogens with one attached hydrogen (secondary N) is 4. The summed E-state index contributed by atoms with van der Waals surface area (Å²) in [6.45, 7) is 12.2. The Kier molecular flexibility index (Phi) is 11.6. The first-order valence-electron chi connectivity index (χ1n) is 18.1. The molecule has 4 aliphatic carbocycles. The van der Waals surface area contributed by atoms with Crippen molar-refractivity contribution in [1.29, 1.82) is 0 Å². The summed E-state index contributed by atoms with van der Waals surface area (Å²) in [6, 6.07) is 3.91. The maximum absolute atomic E-state index is 13.9. The Labute approximate surface area is 294 Å². The van der Waals surface area contributed by atoms with E-state index in [9.17, 15) is 35.2 Å². The monoisotopic (exact) mass is 697 g/mol. The van der Waals surface area contributed by atoms with Gasteiger partial charge in [-0.3, -0.25) is 19.8 Å². The summed E-state index contributed by atoms with van der Waals surface area (Å²) >= 11 is 0. The summed E-state index contributed by atoms with van der Waals surface area (Å²) in [4.78, 5) is 37.1. The summed E-state index contributed by atoms with van der Waals surface area (Å²) in [5.41, 5.74) is 4.91. The van der Waals surface area contributed by atoms with Crippen LogP contribution in [0.25, 0.3) is 0 Å². The molecule has 1 aromatic rings. The van der Waals surface area contributed by atoms with Gasteiger partial charge in [0.1, 0.15) is 17.6 Å². The van der Waals surface area contributed by atoms with Crippen LogP contribution in [0, 0.1) is 56.8 Å². The molecule has 4 aliphatic rings. The lowest BCUT2D eigenvalue weighted by molar-refractivity contribution is -0.996. The zero-order valence-electron chi connectivity index (χ0n) is 30.2. The highest BCUT2D eigenvalue weighted by Gasteiger charge is 2.62. The van der Waals surface area contributed by atoms with E-state index in [1.165, 1.54) is 31.6 Å². The lowest BCUT2D eigenvalue weighted by Gasteiger charge is -2.58. The third-order valence-corrected chi connectivity index (χ3v) is 12.7. The van der Waals surface area contributed by atoms with E-state index in [1.54, 1.807) is 0 Å². The van der Waals surface area contributed by atoms with Crippen LogP contribution in [0.5, 0.6) is 0 Å². The fourth-order valence-electron chi connectivity index (χ4n) is 10.1. The first-order chi connectivity index (χ1) is 23.5. The Morgan fingerprint density at radius 2 is 1.80 bits per heavy atom. The standard InChI is InChI=1S/C37H55N5O8/c1-21(20-38-23(3)43)7-12-34(45)22(2)35-32(40-39-31-11-9-26(41(46)47)18-33(31)42(48)49)19-30-28-10-8-25-17-27(50-24(4)44)13-15-36(25,5)29(28)14-16-37(30,35)6/h8-9,11,18,21-22,27-30,35,39,41-42,46,48H,7,10,12-17,19-20H2,1-6H3,(H,38,43)/b40-32-/t21?,22?,27?,28?,29?,30?,35?,36-,37-/m0/s1. The molecule has 9 unspecified atom stereocenters. The van der Waals surface area contributed by atoms with E-state index < -0.39 is 10.5 Å². The summed E-state index contributed by atoms with van der Waals surface area (Å²) in [6.07, 6.45) is 9.49. The topological polar surface area (TPSA) is 192 Å². The van der Waals surface area contributed by atoms with E-state index in [1.807, 2.05) is 13.8 Å². The summed E-state index contributed by atoms with van der Waals surface area (Å²) in [5, 5.41) is 48.2. The number of hydrazone groups is 1. The Morgan fingerprint density at radius 1 is 1.06 bits per heavy atom. The highest BCUT2D eigenvalue weighted by molar-refractivity contribution is 5.96. The first kappa shape index (κ1) is 38.0. The summed E-state index contributed by atoms with van der Waals surface area (Å²) in [7, 11) is 0. The van der Waals surface area contributed by atoms with Crippen molar-refractivity contribution in [1.82, 2.24) is 5.32 Å². The first-order valence-corrected chi connectivity index (χ1v) is 18.1. The van der Waals surface area contributed by atoms with Gasteiger partial charge in [0.15, 0.2) is 11.4 Å². The van der Waals surface area contributed by atoms with Crippen molar-refractivity contribution in [3.63, 3.8) is 0 Å². The van der Waals surface area contributed by atoms with Crippen molar-refractivity contribution in [3.8, 4) is 0 Å². The van der Waals surface area contributed by atoms with Gasteiger partial charge in [-0.05, 0) is 85.5 Å². The number of hydrogen-bond donors (Lipinski definition) is 6. The number of ketones is 1. The molecular formula is C37H55N5O8. The molecule has 3 fully saturated rings. The molecule has 13 heteroatoms. The molecule has 1 amide bonds. The van der Waals surface area contributed by atoms with E-state index in [4.69, 9.17) is 9.84 Å². The van der Waals surface area contributed by atoms with Gasteiger partial charge < -0.3 is 20.5 Å². The minimum Gasteiger partial charge on any atom is -0.595 e. The average molecular weight is 698 g/mol. The zero-order chi connectivity index (χ0) is 36.5. The smallest absolute Gasteiger partial charge is 0.302 e. The van der Waals surface area contributed by atoms with E-state index in [-0.39, 0.29) is 75.3 Å². The number of esters is 1. The molecule has 0 bridgehead atoms. The Bertz CT molecular complexity index is 1510. The number of ether oxygens (including phenoxy) is 1. The molecule has 11 atom stereocenters. The second kappa shape index (κ2) is 15.2. The van der Waals surface area contributed by atoms with Gasteiger partial charge in [-0.1, -0.05) is 39.3 Å². The van der Waals surface area contributed by atoms with Crippen molar-refractivity contribution in [3.05, 3.63) is 40.3 Å². The van der Waals surface area contributed by atoms with Crippen LogP contribution in [0.4, 0.5) is 17.1 Å². The molecule has 50 heavy (non-hydrogen) atoms. The predicted octanol–water partition coefficient (Wildman–Crippen LogP) is 4.14. The van der Waals surface area contributed by atoms with Gasteiger partial charge in [-0.2, -0.15) is 15.6 Å². The summed E-state index contributed by atoms with van der Waals surface area (Å²) in [5.74, 6) is 0.576. The number of carbonyl (C=O) groups excluding carboxylic acids is 3. The van der Waals surface area contributed by atoms with Crippen molar-refractivity contribution in [2.75, 3.05) is 12.0 Å². The van der Waals surface area contributed by atoms with Crippen LogP contribution in [0.2, 0.25) is 0 Å². The number of benzene rings is 1. The fraction of sp³-hybridized carbons (Fsp3) is 0.676. The number of rotatable bonds is 12. The van der Waals surface area contributed by atoms with Crippen LogP contribution < -0.4 is 21.2 Å². The molecule has 13 nitrogen and oxygen atoms in total. The van der Waals surface area contributed by atoms with Gasteiger partial charge in [-0.25, -0.2) is 10.4 Å². The molecule has 1 aromatic carbocycles. The number of amides is 1. The molecule has 5 rings (SSSR count). The van der Waals surface area contributed by atoms with E-state index in [2.05, 4.69) is 30.7 Å². The van der Waals surface area contributed by atoms with E-state index >= 15 is 0 Å². The molecule has 6 N–H and O–H groups in total. The number of anilines is 1. The minimum absolute atomic E-state index is 0.0162. The third kappa shape index (κ3) is 7.68. The predicted molar refractivity (Wildman–Crippen MR) is 186 cm³/mol. The van der Waals surface area contributed by atoms with E-state index in [0.29, 0.717) is 37.6 Å². The van der Waals surface area contributed by atoms with Gasteiger partial charge in [0.25, 0.3) is 0 Å². The number of Topliss-reactive ketones (excluding diaryl/α,β-unsaturated/α-hetero) is 1. The van der Waals surface area contributed by atoms with Crippen LogP contribution in [0.1, 0.15) is 99.3 Å². The van der Waals surface area contributed by atoms with Crippen LogP contribution in [-0.2, 0) is 19.1 Å². The lowest BCUT2D eigenvalue weighted by atomic mass is 9.47. The van der Waals surface area contributed by atoms with Crippen LogP contribution in [0.15, 0.2) is 34.9 Å². The number of quaternary nitrogens is 2. The fourth-order valence-corrected chi connectivity index (χ4v) is 10.1. The number of hydrogen-bond acceptors (Lipinski definition) is 10. The van der Waals surface area contributed by atoms with Crippen molar-refractivity contribution in [2.24, 2.45) is 51.4 Å². The molecule has 276 valence electrons. The number of nitrogens with zero attached hydrogens (tertiary/aromatic N) is 1. The Balaban J connectivity index is 1.45. The van der Waals surface area contributed by atoms with Crippen molar-refractivity contribution in [2.45, 2.75) is 105 Å². The van der Waals surface area contributed by atoms with Crippen LogP contribution >= 0.6 is 0 Å². The third-order valence-electron chi connectivity index (χ3n) is 12.7. The van der Waals surface area contributed by atoms with Gasteiger partial charge in [0.2, 0.25) is 5.91 Å². The second-order valence-corrected chi connectivity index (χ2v) is 15.9. The molecule has 0 spiro atoms. The minimum atomic E-state index is -1.26. The van der Waals surface area contributed by atoms with E-state index in [0.717, 1.165) is 50.3 Å². The normalized spacial score (nSPS) is 33.5. The molecule has 0 aliphatic heterocycles. The summed E-state index contributed by atoms with van der Waals surface area (Å²) < 4.78 is 5.63. The van der Waals surface area contributed by atoms with Crippen molar-refractivity contribution >= 4 is 40.4 Å². The largest absolute Gasteiger partial charge is 0.595 e. The SMILES string of the molecule is CC(=O)NCC(C)CCC(=O)C(C)C1/C(=N\Nc2ccc([NH+]([O-])O)cc2[NH+]([O-])O)CC2C3CC=C4CC(OC(C)=O)CC[C@]4(C)C3CC[C@@]21C.